The van der Waals surface area contributed by atoms with E-state index in [0.29, 0.717) is 62.9 Å². The molecule has 0 aromatic heterocycles. The van der Waals surface area contributed by atoms with Gasteiger partial charge in [-0.25, -0.2) is 4.79 Å². The lowest BCUT2D eigenvalue weighted by Gasteiger charge is -2.70. The minimum Gasteiger partial charge on any atom is -0.454 e. The summed E-state index contributed by atoms with van der Waals surface area (Å²) >= 11 is 0. The van der Waals surface area contributed by atoms with Gasteiger partial charge in [-0.05, 0) is 50.8 Å². The van der Waals surface area contributed by atoms with Crippen LogP contribution in [0.15, 0.2) is 24.3 Å². The number of likely N-dealkylation sites (N-methyl/N-ethyl adjacent to an activating group) is 1. The van der Waals surface area contributed by atoms with Crippen LogP contribution in [0.5, 0.6) is 0 Å². The molecule has 7 bridgehead atoms. The third-order valence-electron chi connectivity index (χ3n) is 13.9. The molecule has 1 unspecified atom stereocenters. The summed E-state index contributed by atoms with van der Waals surface area (Å²) in [6, 6.07) is 7.07. The van der Waals surface area contributed by atoms with Crippen molar-refractivity contribution < 1.29 is 38.7 Å². The predicted octanol–water partition coefficient (Wildman–Crippen LogP) is 4.17. The van der Waals surface area contributed by atoms with Crippen molar-refractivity contribution in [1.82, 2.24) is 4.90 Å². The van der Waals surface area contributed by atoms with E-state index in [1.165, 1.54) is 0 Å². The molecule has 47 heavy (non-hydrogen) atoms. The van der Waals surface area contributed by atoms with Gasteiger partial charge in [0.2, 0.25) is 5.91 Å². The molecule has 1 heterocycles. The van der Waals surface area contributed by atoms with Crippen LogP contribution in [0.25, 0.3) is 0 Å². The molecule has 0 radical (unpaired) electrons. The van der Waals surface area contributed by atoms with E-state index in [-0.39, 0.29) is 47.8 Å². The lowest BCUT2D eigenvalue weighted by atomic mass is 9.44. The fourth-order valence-corrected chi connectivity index (χ4v) is 12.3. The van der Waals surface area contributed by atoms with Crippen LogP contribution in [-0.4, -0.2) is 103 Å². The number of aliphatic hydroxyl groups is 2. The number of carbonyl (C=O) groups is 2. The molecule has 3 N–H and O–H groups in total. The minimum absolute atomic E-state index is 0.0454. The summed E-state index contributed by atoms with van der Waals surface area (Å²) in [6.45, 7) is 5.53. The van der Waals surface area contributed by atoms with Crippen LogP contribution in [0.4, 0.5) is 5.69 Å². The van der Waals surface area contributed by atoms with Gasteiger partial charge in [-0.15, -0.1) is 0 Å². The van der Waals surface area contributed by atoms with E-state index in [1.54, 1.807) is 39.5 Å². The molecule has 10 nitrogen and oxygen atoms in total. The summed E-state index contributed by atoms with van der Waals surface area (Å²) in [5.41, 5.74) is -3.52. The molecule has 1 spiro atoms. The summed E-state index contributed by atoms with van der Waals surface area (Å²) in [7, 11) is 5.08. The van der Waals surface area contributed by atoms with Gasteiger partial charge in [0.1, 0.15) is 16.8 Å². The number of amides is 1. The quantitative estimate of drug-likeness (QED) is 0.225. The molecule has 12 atom stereocenters. The molecule has 1 aliphatic heterocycles. The van der Waals surface area contributed by atoms with Crippen LogP contribution >= 0.6 is 0 Å². The summed E-state index contributed by atoms with van der Waals surface area (Å²) < 4.78 is 25.3. The van der Waals surface area contributed by atoms with Crippen molar-refractivity contribution in [2.75, 3.05) is 39.7 Å². The number of esters is 1. The van der Waals surface area contributed by atoms with Crippen molar-refractivity contribution in [2.24, 2.45) is 29.1 Å². The Hall–Kier alpha value is -2.08. The van der Waals surface area contributed by atoms with Crippen LogP contribution < -0.4 is 5.32 Å². The van der Waals surface area contributed by atoms with E-state index in [1.807, 2.05) is 6.07 Å². The number of unbranched alkanes of at least 4 members (excludes halogenated alkanes) is 3. The number of nitrogens with one attached hydrogen (secondary N) is 1. The predicted molar refractivity (Wildman–Crippen MR) is 175 cm³/mol. The highest BCUT2D eigenvalue weighted by atomic mass is 16.6. The molecule has 1 aromatic carbocycles. The van der Waals surface area contributed by atoms with E-state index in [9.17, 15) is 19.8 Å². The Morgan fingerprint density at radius 3 is 2.49 bits per heavy atom. The number of benzene rings is 1. The van der Waals surface area contributed by atoms with E-state index < -0.39 is 34.3 Å². The number of nitrogens with zero attached hydrogens (tertiary/aromatic N) is 1. The summed E-state index contributed by atoms with van der Waals surface area (Å²) in [5, 5.41) is 28.8. The van der Waals surface area contributed by atoms with Crippen LogP contribution in [0.1, 0.15) is 88.4 Å². The number of para-hydroxylation sites is 1. The number of hydrogen-bond donors (Lipinski definition) is 3. The Bertz CT molecular complexity index is 1380. The fourth-order valence-electron chi connectivity index (χ4n) is 12.3. The van der Waals surface area contributed by atoms with Gasteiger partial charge in [-0.1, -0.05) is 45.2 Å². The number of rotatable bonds is 12. The molecular weight excluding hydrogens is 600 g/mol. The highest BCUT2D eigenvalue weighted by Gasteiger charge is 2.89. The summed E-state index contributed by atoms with van der Waals surface area (Å²) in [4.78, 5) is 29.6. The maximum Gasteiger partial charge on any atom is 0.340 e. The largest absolute Gasteiger partial charge is 0.454 e. The van der Waals surface area contributed by atoms with Crippen molar-refractivity contribution in [1.29, 1.82) is 0 Å². The van der Waals surface area contributed by atoms with Gasteiger partial charge in [0, 0.05) is 75.8 Å². The number of methoxy groups -OCH3 is 3. The van der Waals surface area contributed by atoms with Crippen LogP contribution in [0.3, 0.4) is 0 Å². The van der Waals surface area contributed by atoms with Crippen molar-refractivity contribution in [3.05, 3.63) is 29.8 Å². The molecule has 6 aliphatic rings. The topological polar surface area (TPSA) is 127 Å². The molecule has 6 fully saturated rings. The monoisotopic (exact) mass is 654 g/mol. The van der Waals surface area contributed by atoms with Gasteiger partial charge in [-0.3, -0.25) is 9.69 Å². The minimum atomic E-state index is -1.48. The first-order chi connectivity index (χ1) is 22.6. The first-order valence-electron chi connectivity index (χ1n) is 18.0. The molecule has 5 aliphatic carbocycles. The smallest absolute Gasteiger partial charge is 0.340 e. The number of fused-ring (bicyclic) bond motifs is 2. The Kier molecular flexibility index (Phi) is 8.57. The highest BCUT2D eigenvalue weighted by molar-refractivity contribution is 6.01. The van der Waals surface area contributed by atoms with E-state index in [0.717, 1.165) is 25.7 Å². The summed E-state index contributed by atoms with van der Waals surface area (Å²) in [5.74, 6) is -1.37. The highest BCUT2D eigenvalue weighted by Crippen LogP contribution is 2.79. The fraction of sp³-hybridized carbons (Fsp3) is 0.784. The van der Waals surface area contributed by atoms with Crippen LogP contribution in [0, 0.1) is 29.1 Å². The molecule has 7 rings (SSSR count). The third-order valence-corrected chi connectivity index (χ3v) is 13.9. The van der Waals surface area contributed by atoms with Gasteiger partial charge >= 0.3 is 5.97 Å². The number of carbonyl (C=O) groups excluding carboxylic acids is 2. The molecule has 5 saturated carbocycles. The number of piperidine rings is 1. The standard InChI is InChI=1S/C37H54N2O8/c1-6-8-9-10-15-30(40)38-25-14-12-11-13-22(25)33(41)47-34-17-16-29(45-4)36-27(34)19-24(31(36)39(7-2)21-34)35(42)20-26(44-3)23-18-28(36)37(35,43)32(23)46-5/h11-14,23-24,26-29,31-32,42-43H,6-10,15-21H2,1-5H3,(H,38,40)/t23-,24+,26+,27-,28+,29+,31?,32+,34-,35+,36+,37+/m1/s1. The normalized spacial score (nSPS) is 44.3. The van der Waals surface area contributed by atoms with Gasteiger partial charge in [0.25, 0.3) is 0 Å². The van der Waals surface area contributed by atoms with Crippen LogP contribution in [0.2, 0.25) is 0 Å². The lowest BCUT2D eigenvalue weighted by molar-refractivity contribution is -0.337. The van der Waals surface area contributed by atoms with E-state index in [2.05, 4.69) is 24.1 Å². The maximum absolute atomic E-state index is 14.3. The van der Waals surface area contributed by atoms with E-state index in [4.69, 9.17) is 18.9 Å². The van der Waals surface area contributed by atoms with Crippen molar-refractivity contribution in [2.45, 2.75) is 119 Å². The third kappa shape index (κ3) is 4.37. The van der Waals surface area contributed by atoms with Gasteiger partial charge in [-0.2, -0.15) is 0 Å². The van der Waals surface area contributed by atoms with Crippen molar-refractivity contribution in [3.8, 4) is 0 Å². The second-order valence-electron chi connectivity index (χ2n) is 15.4. The number of ether oxygens (including phenoxy) is 4. The molecule has 1 amide bonds. The molecule has 260 valence electrons. The number of hydrogen-bond acceptors (Lipinski definition) is 9. The van der Waals surface area contributed by atoms with Crippen LogP contribution in [-0.2, 0) is 23.7 Å². The first kappa shape index (κ1) is 33.4. The number of likely N-dealkylation sites (tertiary alicyclic amines) is 1. The zero-order chi connectivity index (χ0) is 33.4. The SMILES string of the molecule is CCCCCCC(=O)Nc1ccccc1C(=O)O[C@@]12CC[C@H](OC)[C@]34C([C@H](C[C@H]13)[C@@]1(O)C[C@H](OC)[C@H]3C[C@@H]4[C@]1(O)[C@H]3OC)N(CC)C2. The average Bonchev–Trinajstić information content (AvgIpc) is 3.49. The molecular formula is C37H54N2O8. The maximum atomic E-state index is 14.3. The Labute approximate surface area is 278 Å². The zero-order valence-corrected chi connectivity index (χ0v) is 28.7. The second kappa shape index (κ2) is 12.1. The molecule has 1 saturated heterocycles. The van der Waals surface area contributed by atoms with Crippen molar-refractivity contribution in [3.63, 3.8) is 0 Å². The molecule has 10 heteroatoms. The number of anilines is 1. The van der Waals surface area contributed by atoms with Crippen molar-refractivity contribution >= 4 is 17.6 Å². The van der Waals surface area contributed by atoms with E-state index >= 15 is 0 Å². The Morgan fingerprint density at radius 1 is 1.00 bits per heavy atom. The van der Waals surface area contributed by atoms with Gasteiger partial charge in [0.05, 0.1) is 29.6 Å². The lowest BCUT2D eigenvalue weighted by Crippen LogP contribution is -2.83. The first-order valence-corrected chi connectivity index (χ1v) is 18.0. The Morgan fingerprint density at radius 2 is 1.79 bits per heavy atom. The second-order valence-corrected chi connectivity index (χ2v) is 15.4. The van der Waals surface area contributed by atoms with Gasteiger partial charge in [0.15, 0.2) is 0 Å². The summed E-state index contributed by atoms with van der Waals surface area (Å²) in [6.07, 6.45) is 6.33. The molecule has 1 aromatic rings. The van der Waals surface area contributed by atoms with Gasteiger partial charge < -0.3 is 34.5 Å². The average molecular weight is 655 g/mol. The Balaban J connectivity index is 1.27. The zero-order valence-electron chi connectivity index (χ0n) is 28.7.